The molecule has 100 valence electrons. The SMILES string of the molecule is CCOc1nc(Cl)cc(N2CCN(CC)CC2)n1. The molecule has 0 aromatic carbocycles. The van der Waals surface area contributed by atoms with Crippen molar-refractivity contribution in [2.24, 2.45) is 0 Å². The lowest BCUT2D eigenvalue weighted by Gasteiger charge is -2.34. The van der Waals surface area contributed by atoms with Gasteiger partial charge < -0.3 is 14.5 Å². The third kappa shape index (κ3) is 3.23. The van der Waals surface area contributed by atoms with Gasteiger partial charge in [0.1, 0.15) is 11.0 Å². The van der Waals surface area contributed by atoms with Crippen molar-refractivity contribution in [2.75, 3.05) is 44.2 Å². The Morgan fingerprint density at radius 2 is 1.94 bits per heavy atom. The lowest BCUT2D eigenvalue weighted by molar-refractivity contribution is 0.269. The number of hydrogen-bond donors (Lipinski definition) is 0. The summed E-state index contributed by atoms with van der Waals surface area (Å²) in [5, 5.41) is 0.432. The van der Waals surface area contributed by atoms with Crippen LogP contribution in [0.4, 0.5) is 5.82 Å². The molecular weight excluding hydrogens is 252 g/mol. The Labute approximate surface area is 113 Å². The molecule has 1 aliphatic heterocycles. The molecule has 0 bridgehead atoms. The highest BCUT2D eigenvalue weighted by Gasteiger charge is 2.18. The number of likely N-dealkylation sites (N-methyl/N-ethyl adjacent to an activating group) is 1. The van der Waals surface area contributed by atoms with E-state index < -0.39 is 0 Å². The highest BCUT2D eigenvalue weighted by Crippen LogP contribution is 2.20. The van der Waals surface area contributed by atoms with Gasteiger partial charge in [-0.15, -0.1) is 0 Å². The van der Waals surface area contributed by atoms with Crippen LogP contribution in [0.5, 0.6) is 6.01 Å². The lowest BCUT2D eigenvalue weighted by atomic mass is 10.3. The fraction of sp³-hybridized carbons (Fsp3) is 0.667. The van der Waals surface area contributed by atoms with E-state index in [1.54, 1.807) is 6.07 Å². The van der Waals surface area contributed by atoms with Gasteiger partial charge in [0.25, 0.3) is 0 Å². The van der Waals surface area contributed by atoms with Crippen LogP contribution in [-0.4, -0.2) is 54.2 Å². The summed E-state index contributed by atoms with van der Waals surface area (Å²) in [5.41, 5.74) is 0. The second kappa shape index (κ2) is 6.20. The summed E-state index contributed by atoms with van der Waals surface area (Å²) in [6.45, 7) is 9.78. The molecule has 2 heterocycles. The minimum absolute atomic E-state index is 0.359. The maximum Gasteiger partial charge on any atom is 0.319 e. The van der Waals surface area contributed by atoms with Gasteiger partial charge in [-0.2, -0.15) is 9.97 Å². The first-order valence-electron chi connectivity index (χ1n) is 6.37. The molecule has 0 spiro atoms. The Kier molecular flexibility index (Phi) is 4.60. The summed E-state index contributed by atoms with van der Waals surface area (Å²) in [6.07, 6.45) is 0. The molecule has 0 atom stereocenters. The summed E-state index contributed by atoms with van der Waals surface area (Å²) in [6, 6.07) is 2.16. The van der Waals surface area contributed by atoms with Crippen LogP contribution in [0.15, 0.2) is 6.07 Å². The maximum atomic E-state index is 5.99. The van der Waals surface area contributed by atoms with Crippen LogP contribution in [0.2, 0.25) is 5.15 Å². The second-order valence-corrected chi connectivity index (χ2v) is 4.57. The van der Waals surface area contributed by atoms with Crippen LogP contribution in [0.3, 0.4) is 0 Å². The molecule has 2 rings (SSSR count). The monoisotopic (exact) mass is 270 g/mol. The summed E-state index contributed by atoms with van der Waals surface area (Å²) < 4.78 is 5.32. The number of rotatable bonds is 4. The first-order valence-corrected chi connectivity index (χ1v) is 6.75. The molecule has 1 fully saturated rings. The molecule has 0 unspecified atom stereocenters. The molecule has 1 aromatic rings. The number of hydrogen-bond acceptors (Lipinski definition) is 5. The maximum absolute atomic E-state index is 5.99. The zero-order valence-electron chi connectivity index (χ0n) is 10.9. The smallest absolute Gasteiger partial charge is 0.319 e. The molecule has 0 saturated carbocycles. The summed E-state index contributed by atoms with van der Waals surface area (Å²) in [5.74, 6) is 0.856. The average Bonchev–Trinajstić information content (AvgIpc) is 2.38. The minimum atomic E-state index is 0.359. The van der Waals surface area contributed by atoms with Gasteiger partial charge in [0, 0.05) is 32.2 Å². The Morgan fingerprint density at radius 1 is 1.22 bits per heavy atom. The van der Waals surface area contributed by atoms with E-state index in [1.165, 1.54) is 0 Å². The number of nitrogens with zero attached hydrogens (tertiary/aromatic N) is 4. The van der Waals surface area contributed by atoms with Crippen molar-refractivity contribution in [1.82, 2.24) is 14.9 Å². The van der Waals surface area contributed by atoms with E-state index >= 15 is 0 Å². The number of aromatic nitrogens is 2. The normalized spacial score (nSPS) is 16.9. The third-order valence-corrected chi connectivity index (χ3v) is 3.27. The van der Waals surface area contributed by atoms with Crippen LogP contribution < -0.4 is 9.64 Å². The fourth-order valence-corrected chi connectivity index (χ4v) is 2.20. The first-order chi connectivity index (χ1) is 8.72. The van der Waals surface area contributed by atoms with Crippen LogP contribution in [-0.2, 0) is 0 Å². The van der Waals surface area contributed by atoms with Crippen molar-refractivity contribution < 1.29 is 4.74 Å². The zero-order valence-corrected chi connectivity index (χ0v) is 11.7. The van der Waals surface area contributed by atoms with Gasteiger partial charge in [-0.05, 0) is 13.5 Å². The Morgan fingerprint density at radius 3 is 2.56 bits per heavy atom. The molecule has 5 nitrogen and oxygen atoms in total. The standard InChI is InChI=1S/C12H19ClN4O/c1-3-16-5-7-17(8-6-16)11-9-10(13)14-12(15-11)18-4-2/h9H,3-8H2,1-2H3. The van der Waals surface area contributed by atoms with Gasteiger partial charge in [0.15, 0.2) is 0 Å². The Hall–Kier alpha value is -1.07. The van der Waals surface area contributed by atoms with E-state index in [9.17, 15) is 0 Å². The van der Waals surface area contributed by atoms with E-state index in [4.69, 9.17) is 16.3 Å². The number of piperazine rings is 1. The van der Waals surface area contributed by atoms with Gasteiger partial charge in [-0.1, -0.05) is 18.5 Å². The van der Waals surface area contributed by atoms with Crippen LogP contribution in [0.1, 0.15) is 13.8 Å². The largest absolute Gasteiger partial charge is 0.464 e. The molecule has 1 aromatic heterocycles. The highest BCUT2D eigenvalue weighted by atomic mass is 35.5. The summed E-state index contributed by atoms with van der Waals surface area (Å²) >= 11 is 5.99. The lowest BCUT2D eigenvalue weighted by Crippen LogP contribution is -2.46. The fourth-order valence-electron chi connectivity index (χ4n) is 2.03. The van der Waals surface area contributed by atoms with Gasteiger partial charge in [-0.3, -0.25) is 0 Å². The van der Waals surface area contributed by atoms with Crippen molar-refractivity contribution in [3.05, 3.63) is 11.2 Å². The highest BCUT2D eigenvalue weighted by molar-refractivity contribution is 6.29. The topological polar surface area (TPSA) is 41.5 Å². The first kappa shape index (κ1) is 13.4. The van der Waals surface area contributed by atoms with Crippen LogP contribution in [0, 0.1) is 0 Å². The van der Waals surface area contributed by atoms with E-state index in [-0.39, 0.29) is 0 Å². The van der Waals surface area contributed by atoms with Crippen LogP contribution >= 0.6 is 11.6 Å². The number of halogens is 1. The minimum Gasteiger partial charge on any atom is -0.464 e. The molecular formula is C12H19ClN4O. The Balaban J connectivity index is 2.08. The summed E-state index contributed by atoms with van der Waals surface area (Å²) in [4.78, 5) is 13.1. The summed E-state index contributed by atoms with van der Waals surface area (Å²) in [7, 11) is 0. The molecule has 0 radical (unpaired) electrons. The third-order valence-electron chi connectivity index (χ3n) is 3.08. The molecule has 1 aliphatic rings. The van der Waals surface area contributed by atoms with Crippen molar-refractivity contribution in [3.63, 3.8) is 0 Å². The molecule has 0 aliphatic carbocycles. The van der Waals surface area contributed by atoms with Gasteiger partial charge in [0.2, 0.25) is 0 Å². The van der Waals surface area contributed by atoms with Crippen LogP contribution in [0.25, 0.3) is 0 Å². The molecule has 0 amide bonds. The van der Waals surface area contributed by atoms with E-state index in [2.05, 4.69) is 26.7 Å². The Bertz CT molecular complexity index is 394. The predicted octanol–water partition coefficient (Wildman–Crippen LogP) is 1.67. The predicted molar refractivity (Wildman–Crippen MR) is 72.5 cm³/mol. The van der Waals surface area contributed by atoms with Crippen molar-refractivity contribution in [2.45, 2.75) is 13.8 Å². The molecule has 0 N–H and O–H groups in total. The quantitative estimate of drug-likeness (QED) is 0.779. The van der Waals surface area contributed by atoms with Gasteiger partial charge in [0.05, 0.1) is 6.61 Å². The van der Waals surface area contributed by atoms with Crippen molar-refractivity contribution >= 4 is 17.4 Å². The van der Waals surface area contributed by atoms with Crippen molar-refractivity contribution in [1.29, 1.82) is 0 Å². The molecule has 1 saturated heterocycles. The second-order valence-electron chi connectivity index (χ2n) is 4.19. The zero-order chi connectivity index (χ0) is 13.0. The van der Waals surface area contributed by atoms with Gasteiger partial charge in [-0.25, -0.2) is 0 Å². The average molecular weight is 271 g/mol. The molecule has 6 heteroatoms. The van der Waals surface area contributed by atoms with E-state index in [0.29, 0.717) is 17.8 Å². The van der Waals surface area contributed by atoms with E-state index in [0.717, 1.165) is 38.5 Å². The van der Waals surface area contributed by atoms with E-state index in [1.807, 2.05) is 6.92 Å². The van der Waals surface area contributed by atoms with Gasteiger partial charge >= 0.3 is 6.01 Å². The number of anilines is 1. The molecule has 18 heavy (non-hydrogen) atoms. The van der Waals surface area contributed by atoms with Crippen molar-refractivity contribution in [3.8, 4) is 6.01 Å². The number of ether oxygens (including phenoxy) is 1.